The Morgan fingerprint density at radius 1 is 1.50 bits per heavy atom. The van der Waals surface area contributed by atoms with Crippen molar-refractivity contribution in [2.75, 3.05) is 5.33 Å². The van der Waals surface area contributed by atoms with Crippen LogP contribution in [-0.4, -0.2) is 16.8 Å². The number of hydrogen-bond acceptors (Lipinski definition) is 1. The molecule has 16 heavy (non-hydrogen) atoms. The molecule has 0 saturated heterocycles. The quantitative estimate of drug-likeness (QED) is 0.845. The van der Waals surface area contributed by atoms with Gasteiger partial charge in [-0.05, 0) is 25.3 Å². The minimum absolute atomic E-state index is 0.0565. The van der Waals surface area contributed by atoms with Crippen LogP contribution >= 0.6 is 15.9 Å². The molecule has 0 atom stereocenters. The smallest absolute Gasteiger partial charge is 0.224 e. The molecule has 0 aromatic heterocycles. The number of nitrogens with one attached hydrogen (secondary N) is 1. The Morgan fingerprint density at radius 3 is 2.81 bits per heavy atom. The maximum absolute atomic E-state index is 11.8. The average Bonchev–Trinajstić information content (AvgIpc) is 2.98. The van der Waals surface area contributed by atoms with Crippen LogP contribution in [0.25, 0.3) is 0 Å². The van der Waals surface area contributed by atoms with E-state index < -0.39 is 0 Å². The van der Waals surface area contributed by atoms with Gasteiger partial charge in [-0.2, -0.15) is 0 Å². The van der Waals surface area contributed by atoms with Gasteiger partial charge >= 0.3 is 0 Å². The summed E-state index contributed by atoms with van der Waals surface area (Å²) in [7, 11) is 0. The van der Waals surface area contributed by atoms with E-state index in [9.17, 15) is 4.79 Å². The summed E-state index contributed by atoms with van der Waals surface area (Å²) in [5.41, 5.74) is 2.34. The number of amides is 1. The van der Waals surface area contributed by atoms with E-state index in [1.165, 1.54) is 5.56 Å². The zero-order chi connectivity index (χ0) is 11.6. The van der Waals surface area contributed by atoms with E-state index in [0.717, 1.165) is 23.7 Å². The van der Waals surface area contributed by atoms with Gasteiger partial charge in [0.1, 0.15) is 0 Å². The monoisotopic (exact) mass is 281 g/mol. The molecule has 0 radical (unpaired) electrons. The molecule has 1 saturated carbocycles. The predicted molar refractivity (Wildman–Crippen MR) is 68.8 cm³/mol. The van der Waals surface area contributed by atoms with Crippen LogP contribution in [0.5, 0.6) is 0 Å². The van der Waals surface area contributed by atoms with Crippen molar-refractivity contribution in [1.29, 1.82) is 0 Å². The summed E-state index contributed by atoms with van der Waals surface area (Å²) in [6, 6.07) is 8.10. The highest BCUT2D eigenvalue weighted by molar-refractivity contribution is 9.09. The number of rotatable bonds is 4. The van der Waals surface area contributed by atoms with E-state index in [2.05, 4.69) is 27.3 Å². The van der Waals surface area contributed by atoms with Crippen LogP contribution in [0.1, 0.15) is 24.0 Å². The molecule has 1 aliphatic carbocycles. The molecule has 0 spiro atoms. The normalized spacial score (nSPS) is 16.9. The lowest BCUT2D eigenvalue weighted by Crippen LogP contribution is -2.38. The number of aryl methyl sites for hydroxylation is 1. The van der Waals surface area contributed by atoms with Crippen molar-refractivity contribution >= 4 is 21.8 Å². The maximum Gasteiger partial charge on any atom is 0.224 e. The summed E-state index contributed by atoms with van der Waals surface area (Å²) >= 11 is 3.44. The minimum Gasteiger partial charge on any atom is -0.350 e. The topological polar surface area (TPSA) is 29.1 Å². The van der Waals surface area contributed by atoms with Gasteiger partial charge in [-0.1, -0.05) is 45.8 Å². The Labute approximate surface area is 105 Å². The highest BCUT2D eigenvalue weighted by Crippen LogP contribution is 2.36. The molecule has 0 unspecified atom stereocenters. The number of alkyl halides is 1. The SMILES string of the molecule is Cc1cccc(CC(=O)NC2(CBr)CC2)c1. The largest absolute Gasteiger partial charge is 0.350 e. The molecule has 3 heteroatoms. The van der Waals surface area contributed by atoms with E-state index in [4.69, 9.17) is 0 Å². The Kier molecular flexibility index (Phi) is 3.33. The number of carbonyl (C=O) groups is 1. The van der Waals surface area contributed by atoms with Gasteiger partial charge in [-0.3, -0.25) is 4.79 Å². The molecular formula is C13H16BrNO. The molecule has 1 amide bonds. The summed E-state index contributed by atoms with van der Waals surface area (Å²) in [6.45, 7) is 2.04. The van der Waals surface area contributed by atoms with Crippen molar-refractivity contribution in [3.8, 4) is 0 Å². The van der Waals surface area contributed by atoms with E-state index >= 15 is 0 Å². The molecule has 1 aliphatic rings. The Balaban J connectivity index is 1.92. The van der Waals surface area contributed by atoms with Gasteiger partial charge in [0.05, 0.1) is 6.42 Å². The predicted octanol–water partition coefficient (Wildman–Crippen LogP) is 2.58. The summed E-state index contributed by atoms with van der Waals surface area (Å²) < 4.78 is 0. The number of halogens is 1. The van der Waals surface area contributed by atoms with E-state index in [1.807, 2.05) is 25.1 Å². The Morgan fingerprint density at radius 2 is 2.25 bits per heavy atom. The highest BCUT2D eigenvalue weighted by atomic mass is 79.9. The molecule has 1 N–H and O–H groups in total. The van der Waals surface area contributed by atoms with Crippen LogP contribution in [0.4, 0.5) is 0 Å². The summed E-state index contributed by atoms with van der Waals surface area (Å²) in [5, 5.41) is 3.96. The lowest BCUT2D eigenvalue weighted by Gasteiger charge is -2.14. The maximum atomic E-state index is 11.8. The fraction of sp³-hybridized carbons (Fsp3) is 0.462. The van der Waals surface area contributed by atoms with Crippen molar-refractivity contribution < 1.29 is 4.79 Å². The standard InChI is InChI=1S/C13H16BrNO/c1-10-3-2-4-11(7-10)8-12(16)15-13(9-14)5-6-13/h2-4,7H,5-6,8-9H2,1H3,(H,15,16). The van der Waals surface area contributed by atoms with Crippen molar-refractivity contribution in [3.05, 3.63) is 35.4 Å². The number of hydrogen-bond donors (Lipinski definition) is 1. The van der Waals surface area contributed by atoms with Gasteiger partial charge in [-0.25, -0.2) is 0 Å². The fourth-order valence-corrected chi connectivity index (χ4v) is 2.49. The molecule has 1 fully saturated rings. The summed E-state index contributed by atoms with van der Waals surface area (Å²) in [4.78, 5) is 11.8. The third kappa shape index (κ3) is 2.85. The number of benzene rings is 1. The molecule has 2 rings (SSSR count). The average molecular weight is 282 g/mol. The van der Waals surface area contributed by atoms with Gasteiger partial charge < -0.3 is 5.32 Å². The van der Waals surface area contributed by atoms with Crippen molar-refractivity contribution in [2.45, 2.75) is 31.7 Å². The first kappa shape index (κ1) is 11.6. The summed E-state index contributed by atoms with van der Waals surface area (Å²) in [5.74, 6) is 0.127. The van der Waals surface area contributed by atoms with Crippen molar-refractivity contribution in [2.24, 2.45) is 0 Å². The molecule has 0 aliphatic heterocycles. The molecule has 0 bridgehead atoms. The van der Waals surface area contributed by atoms with Gasteiger partial charge in [0.25, 0.3) is 0 Å². The zero-order valence-electron chi connectivity index (χ0n) is 9.42. The second-order valence-corrected chi connectivity index (χ2v) is 5.19. The lowest BCUT2D eigenvalue weighted by molar-refractivity contribution is -0.121. The number of carbonyl (C=O) groups excluding carboxylic acids is 1. The van der Waals surface area contributed by atoms with E-state index in [0.29, 0.717) is 6.42 Å². The van der Waals surface area contributed by atoms with Crippen LogP contribution in [0, 0.1) is 6.92 Å². The fourth-order valence-electron chi connectivity index (χ4n) is 1.79. The van der Waals surface area contributed by atoms with Gasteiger partial charge in [-0.15, -0.1) is 0 Å². The molecule has 2 nitrogen and oxygen atoms in total. The van der Waals surface area contributed by atoms with E-state index in [1.54, 1.807) is 0 Å². The Hall–Kier alpha value is -0.830. The molecule has 1 aromatic carbocycles. The van der Waals surface area contributed by atoms with Crippen LogP contribution in [0.3, 0.4) is 0 Å². The molecule has 0 heterocycles. The lowest BCUT2D eigenvalue weighted by atomic mass is 10.1. The van der Waals surface area contributed by atoms with Crippen LogP contribution in [-0.2, 0) is 11.2 Å². The Bertz CT molecular complexity index is 399. The third-order valence-corrected chi connectivity index (χ3v) is 4.03. The van der Waals surface area contributed by atoms with Crippen LogP contribution < -0.4 is 5.32 Å². The molecule has 86 valence electrons. The van der Waals surface area contributed by atoms with Gasteiger partial charge in [0.15, 0.2) is 0 Å². The first-order chi connectivity index (χ1) is 7.63. The van der Waals surface area contributed by atoms with Gasteiger partial charge in [0.2, 0.25) is 5.91 Å². The minimum atomic E-state index is 0.0565. The van der Waals surface area contributed by atoms with Crippen molar-refractivity contribution in [3.63, 3.8) is 0 Å². The van der Waals surface area contributed by atoms with Crippen LogP contribution in [0.2, 0.25) is 0 Å². The third-order valence-electron chi connectivity index (χ3n) is 2.96. The highest BCUT2D eigenvalue weighted by Gasteiger charge is 2.42. The zero-order valence-corrected chi connectivity index (χ0v) is 11.0. The van der Waals surface area contributed by atoms with E-state index in [-0.39, 0.29) is 11.4 Å². The second kappa shape index (κ2) is 4.58. The van der Waals surface area contributed by atoms with Gasteiger partial charge in [0, 0.05) is 10.9 Å². The molecule has 1 aromatic rings. The van der Waals surface area contributed by atoms with Crippen molar-refractivity contribution in [1.82, 2.24) is 5.32 Å². The summed E-state index contributed by atoms with van der Waals surface area (Å²) in [6.07, 6.45) is 2.67. The first-order valence-electron chi connectivity index (χ1n) is 5.56. The second-order valence-electron chi connectivity index (χ2n) is 4.63. The first-order valence-corrected chi connectivity index (χ1v) is 6.68. The molecular weight excluding hydrogens is 266 g/mol. The van der Waals surface area contributed by atoms with Crippen LogP contribution in [0.15, 0.2) is 24.3 Å².